The van der Waals surface area contributed by atoms with E-state index >= 15 is 0 Å². The number of aliphatic hydroxyl groups excluding tert-OH is 1. The van der Waals surface area contributed by atoms with Crippen LogP contribution in [0.25, 0.3) is 0 Å². The Bertz CT molecular complexity index is 673. The molecule has 1 aromatic carbocycles. The average Bonchev–Trinajstić information content (AvgIpc) is 2.91. The van der Waals surface area contributed by atoms with Crippen molar-refractivity contribution >= 4 is 26.0 Å². The lowest BCUT2D eigenvalue weighted by Crippen LogP contribution is -2.26. The summed E-state index contributed by atoms with van der Waals surface area (Å²) in [6.45, 7) is 0.0730. The van der Waals surface area contributed by atoms with Crippen molar-refractivity contribution in [3.8, 4) is 0 Å². The van der Waals surface area contributed by atoms with Gasteiger partial charge in [-0.15, -0.1) is 0 Å². The summed E-state index contributed by atoms with van der Waals surface area (Å²) in [7, 11) is -3.61. The summed E-state index contributed by atoms with van der Waals surface area (Å²) in [5, 5.41) is 15.3. The normalized spacial score (nSPS) is 11.7. The standard InChI is InChI=1S/C11H13BrN4O3S/c12-9-5-8(6-17)1-2-10(9)20(18,19)15-4-3-11-13-7-14-16-11/h1-2,5,7,15,17H,3-4,6H2,(H,13,14,16). The monoisotopic (exact) mass is 360 g/mol. The van der Waals surface area contributed by atoms with Crippen molar-refractivity contribution < 1.29 is 13.5 Å². The molecule has 0 aliphatic carbocycles. The predicted octanol–water partition coefficient (Wildman–Crippen LogP) is 0.580. The van der Waals surface area contributed by atoms with Crippen LogP contribution < -0.4 is 4.72 Å². The van der Waals surface area contributed by atoms with Crippen molar-refractivity contribution in [2.45, 2.75) is 17.9 Å². The number of benzene rings is 1. The van der Waals surface area contributed by atoms with Gasteiger partial charge >= 0.3 is 0 Å². The number of aromatic nitrogens is 3. The highest BCUT2D eigenvalue weighted by atomic mass is 79.9. The number of nitrogens with zero attached hydrogens (tertiary/aromatic N) is 2. The van der Waals surface area contributed by atoms with Crippen LogP contribution in [0.15, 0.2) is 33.9 Å². The number of nitrogens with one attached hydrogen (secondary N) is 2. The first-order valence-corrected chi connectivity index (χ1v) is 8.04. The van der Waals surface area contributed by atoms with Crippen molar-refractivity contribution in [3.05, 3.63) is 40.4 Å². The van der Waals surface area contributed by atoms with E-state index in [2.05, 4.69) is 35.8 Å². The molecule has 0 aliphatic heterocycles. The second kappa shape index (κ2) is 6.44. The van der Waals surface area contributed by atoms with Crippen LogP contribution in [-0.2, 0) is 23.1 Å². The van der Waals surface area contributed by atoms with E-state index in [-0.39, 0.29) is 18.0 Å². The molecule has 0 saturated heterocycles. The molecule has 7 nitrogen and oxygen atoms in total. The summed E-state index contributed by atoms with van der Waals surface area (Å²) >= 11 is 3.20. The Morgan fingerprint density at radius 2 is 2.20 bits per heavy atom. The van der Waals surface area contributed by atoms with E-state index < -0.39 is 10.0 Å². The Morgan fingerprint density at radius 1 is 1.40 bits per heavy atom. The van der Waals surface area contributed by atoms with Gasteiger partial charge < -0.3 is 5.11 Å². The van der Waals surface area contributed by atoms with Gasteiger partial charge in [-0.2, -0.15) is 5.10 Å². The number of rotatable bonds is 6. The van der Waals surface area contributed by atoms with Crippen molar-refractivity contribution in [1.82, 2.24) is 19.9 Å². The third-order valence-corrected chi connectivity index (χ3v) is 5.02. The Kier molecular flexibility index (Phi) is 4.86. The first kappa shape index (κ1) is 15.1. The number of halogens is 1. The summed E-state index contributed by atoms with van der Waals surface area (Å²) in [4.78, 5) is 4.04. The molecule has 1 aromatic heterocycles. The van der Waals surface area contributed by atoms with Gasteiger partial charge in [0.2, 0.25) is 10.0 Å². The zero-order chi connectivity index (χ0) is 14.6. The summed E-state index contributed by atoms with van der Waals surface area (Å²) < 4.78 is 27.2. The van der Waals surface area contributed by atoms with Crippen molar-refractivity contribution in [2.75, 3.05) is 6.54 Å². The molecule has 0 aliphatic rings. The van der Waals surface area contributed by atoms with Crippen molar-refractivity contribution in [1.29, 1.82) is 0 Å². The molecular weight excluding hydrogens is 348 g/mol. The van der Waals surface area contributed by atoms with E-state index in [1.54, 1.807) is 12.1 Å². The largest absolute Gasteiger partial charge is 0.392 e. The lowest BCUT2D eigenvalue weighted by atomic mass is 10.2. The maximum Gasteiger partial charge on any atom is 0.241 e. The maximum atomic E-state index is 12.1. The molecule has 2 rings (SSSR count). The summed E-state index contributed by atoms with van der Waals surface area (Å²) in [6.07, 6.45) is 1.79. The summed E-state index contributed by atoms with van der Waals surface area (Å²) in [6, 6.07) is 4.59. The van der Waals surface area contributed by atoms with Gasteiger partial charge in [-0.25, -0.2) is 18.1 Å². The van der Waals surface area contributed by atoms with Gasteiger partial charge in [0.15, 0.2) is 0 Å². The van der Waals surface area contributed by atoms with Gasteiger partial charge in [0.05, 0.1) is 11.5 Å². The number of aromatic amines is 1. The number of H-pyrrole nitrogens is 1. The maximum absolute atomic E-state index is 12.1. The van der Waals surface area contributed by atoms with E-state index in [0.717, 1.165) is 0 Å². The van der Waals surface area contributed by atoms with Crippen LogP contribution >= 0.6 is 15.9 Å². The third kappa shape index (κ3) is 3.63. The van der Waals surface area contributed by atoms with Crippen LogP contribution in [0.1, 0.15) is 11.4 Å². The smallest absolute Gasteiger partial charge is 0.241 e. The van der Waals surface area contributed by atoms with Gasteiger partial charge in [0, 0.05) is 17.4 Å². The average molecular weight is 361 g/mol. The lowest BCUT2D eigenvalue weighted by molar-refractivity contribution is 0.281. The Labute approximate surface area is 124 Å². The second-order valence-electron chi connectivity index (χ2n) is 4.00. The Hall–Kier alpha value is -1.29. The lowest BCUT2D eigenvalue weighted by Gasteiger charge is -2.08. The molecular formula is C11H13BrN4O3S. The molecule has 108 valence electrons. The predicted molar refractivity (Wildman–Crippen MR) is 75.3 cm³/mol. The van der Waals surface area contributed by atoms with E-state index in [4.69, 9.17) is 5.11 Å². The molecule has 0 atom stereocenters. The second-order valence-corrected chi connectivity index (χ2v) is 6.59. The van der Waals surface area contributed by atoms with E-state index in [1.807, 2.05) is 0 Å². The fraction of sp³-hybridized carbons (Fsp3) is 0.273. The quantitative estimate of drug-likeness (QED) is 0.698. The molecule has 0 saturated carbocycles. The zero-order valence-electron chi connectivity index (χ0n) is 10.4. The summed E-state index contributed by atoms with van der Waals surface area (Å²) in [5.74, 6) is 0.613. The molecule has 3 N–H and O–H groups in total. The molecule has 1 heterocycles. The van der Waals surface area contributed by atoms with Crippen LogP contribution in [0.5, 0.6) is 0 Å². The van der Waals surface area contributed by atoms with Crippen LogP contribution in [0.2, 0.25) is 0 Å². The number of hydrogen-bond donors (Lipinski definition) is 3. The molecule has 0 radical (unpaired) electrons. The fourth-order valence-electron chi connectivity index (χ4n) is 1.59. The highest BCUT2D eigenvalue weighted by Gasteiger charge is 2.17. The van der Waals surface area contributed by atoms with E-state index in [1.165, 1.54) is 12.4 Å². The highest BCUT2D eigenvalue weighted by molar-refractivity contribution is 9.10. The molecule has 20 heavy (non-hydrogen) atoms. The minimum Gasteiger partial charge on any atom is -0.392 e. The number of hydrogen-bond acceptors (Lipinski definition) is 5. The zero-order valence-corrected chi connectivity index (χ0v) is 12.8. The molecule has 0 fully saturated rings. The van der Waals surface area contributed by atoms with Crippen molar-refractivity contribution in [3.63, 3.8) is 0 Å². The molecule has 0 unspecified atom stereocenters. The molecule has 9 heteroatoms. The molecule has 0 spiro atoms. The SMILES string of the molecule is O=S(=O)(NCCc1ncn[nH]1)c1ccc(CO)cc1Br. The Morgan fingerprint density at radius 3 is 2.80 bits per heavy atom. The topological polar surface area (TPSA) is 108 Å². The molecule has 2 aromatic rings. The van der Waals surface area contributed by atoms with Gasteiger partial charge in [-0.3, -0.25) is 5.10 Å². The van der Waals surface area contributed by atoms with Gasteiger partial charge in [0.25, 0.3) is 0 Å². The fourth-order valence-corrected chi connectivity index (χ4v) is 3.75. The van der Waals surface area contributed by atoms with Crippen LogP contribution in [0.4, 0.5) is 0 Å². The minimum absolute atomic E-state index is 0.132. The van der Waals surface area contributed by atoms with Gasteiger partial charge in [-0.1, -0.05) is 6.07 Å². The first-order chi connectivity index (χ1) is 9.53. The summed E-state index contributed by atoms with van der Waals surface area (Å²) in [5.41, 5.74) is 0.637. The van der Waals surface area contributed by atoms with Gasteiger partial charge in [-0.05, 0) is 33.6 Å². The van der Waals surface area contributed by atoms with Crippen LogP contribution in [0.3, 0.4) is 0 Å². The Balaban J connectivity index is 2.06. The molecule has 0 bridgehead atoms. The molecule has 0 amide bonds. The number of aliphatic hydroxyl groups is 1. The number of sulfonamides is 1. The minimum atomic E-state index is -3.61. The van der Waals surface area contributed by atoms with Gasteiger partial charge in [0.1, 0.15) is 12.2 Å². The third-order valence-electron chi connectivity index (χ3n) is 2.59. The van der Waals surface area contributed by atoms with Crippen molar-refractivity contribution in [2.24, 2.45) is 0 Å². The van der Waals surface area contributed by atoms with E-state index in [0.29, 0.717) is 22.3 Å². The van der Waals surface area contributed by atoms with Crippen LogP contribution in [0, 0.1) is 0 Å². The van der Waals surface area contributed by atoms with E-state index in [9.17, 15) is 8.42 Å². The highest BCUT2D eigenvalue weighted by Crippen LogP contribution is 2.23. The van der Waals surface area contributed by atoms with Crippen LogP contribution in [-0.4, -0.2) is 35.3 Å². The first-order valence-electron chi connectivity index (χ1n) is 5.76.